The molecule has 0 atom stereocenters. The van der Waals surface area contributed by atoms with E-state index < -0.39 is 0 Å². The second kappa shape index (κ2) is 9.54. The SMILES string of the molecule is CCCC1N(C)C=CN1C.CCCCCc1n(C)cc[n+]1C. The molecule has 0 saturated heterocycles. The third-order valence-corrected chi connectivity index (χ3v) is 4.36. The van der Waals surface area contributed by atoms with Crippen LogP contribution in [0.15, 0.2) is 24.8 Å². The van der Waals surface area contributed by atoms with Crippen molar-refractivity contribution in [1.29, 1.82) is 0 Å². The van der Waals surface area contributed by atoms with Gasteiger partial charge in [-0.2, -0.15) is 0 Å². The van der Waals surface area contributed by atoms with Crippen molar-refractivity contribution in [2.24, 2.45) is 14.1 Å². The van der Waals surface area contributed by atoms with E-state index in [-0.39, 0.29) is 0 Å². The van der Waals surface area contributed by atoms with Crippen molar-refractivity contribution in [3.05, 3.63) is 30.6 Å². The Kier molecular flexibility index (Phi) is 8.07. The van der Waals surface area contributed by atoms with Crippen LogP contribution >= 0.6 is 0 Å². The van der Waals surface area contributed by atoms with Crippen molar-refractivity contribution in [3.8, 4) is 0 Å². The maximum absolute atomic E-state index is 2.25. The van der Waals surface area contributed by atoms with Gasteiger partial charge in [-0.25, -0.2) is 9.13 Å². The lowest BCUT2D eigenvalue weighted by atomic mass is 10.2. The molecule has 0 fully saturated rings. The Labute approximate surface area is 137 Å². The fourth-order valence-corrected chi connectivity index (χ4v) is 2.87. The van der Waals surface area contributed by atoms with Crippen LogP contribution in [0.5, 0.6) is 0 Å². The molecule has 1 aromatic heterocycles. The Hall–Kier alpha value is -1.45. The zero-order valence-electron chi connectivity index (χ0n) is 15.4. The predicted octanol–water partition coefficient (Wildman–Crippen LogP) is 3.04. The van der Waals surface area contributed by atoms with Crippen molar-refractivity contribution in [3.63, 3.8) is 0 Å². The van der Waals surface area contributed by atoms with Gasteiger partial charge < -0.3 is 9.80 Å². The van der Waals surface area contributed by atoms with E-state index in [9.17, 15) is 0 Å². The van der Waals surface area contributed by atoms with Crippen LogP contribution in [-0.4, -0.2) is 34.6 Å². The summed E-state index contributed by atoms with van der Waals surface area (Å²) in [4.78, 5) is 4.51. The average molecular weight is 308 g/mol. The van der Waals surface area contributed by atoms with Gasteiger partial charge in [0, 0.05) is 32.9 Å². The van der Waals surface area contributed by atoms with Gasteiger partial charge in [0.15, 0.2) is 0 Å². The zero-order chi connectivity index (χ0) is 16.5. The molecule has 2 rings (SSSR count). The number of hydrogen-bond acceptors (Lipinski definition) is 2. The number of aryl methyl sites for hydroxylation is 2. The standard InChI is InChI=1S/C10H19N2.C8H16N2/c1-4-5-6-7-10-11(2)8-9-12(10)3;1-4-5-8-9(2)6-7-10(8)3/h8-9H,4-7H2,1-3H3;6-8H,4-5H2,1-3H3/q+1;. The number of rotatable bonds is 6. The fraction of sp³-hybridized carbons (Fsp3) is 0.722. The van der Waals surface area contributed by atoms with E-state index in [1.165, 1.54) is 44.3 Å². The molecule has 0 spiro atoms. The molecule has 0 bridgehead atoms. The summed E-state index contributed by atoms with van der Waals surface area (Å²) < 4.78 is 4.41. The minimum Gasteiger partial charge on any atom is -0.359 e. The van der Waals surface area contributed by atoms with Crippen LogP contribution in [0.3, 0.4) is 0 Å². The molecule has 126 valence electrons. The van der Waals surface area contributed by atoms with Gasteiger partial charge in [0.1, 0.15) is 18.6 Å². The van der Waals surface area contributed by atoms with E-state index in [1.807, 2.05) is 0 Å². The van der Waals surface area contributed by atoms with E-state index >= 15 is 0 Å². The molecule has 0 aliphatic carbocycles. The van der Waals surface area contributed by atoms with Gasteiger partial charge >= 0.3 is 0 Å². The van der Waals surface area contributed by atoms with Crippen molar-refractivity contribution < 1.29 is 4.57 Å². The predicted molar refractivity (Wildman–Crippen MR) is 93.2 cm³/mol. The normalized spacial score (nSPS) is 14.5. The second-order valence-electron chi connectivity index (χ2n) is 6.29. The lowest BCUT2D eigenvalue weighted by molar-refractivity contribution is -0.678. The molecular formula is C18H35N4+. The summed E-state index contributed by atoms with van der Waals surface area (Å²) in [7, 11) is 8.48. The van der Waals surface area contributed by atoms with Gasteiger partial charge in [0.25, 0.3) is 5.82 Å². The first kappa shape index (κ1) is 18.6. The minimum absolute atomic E-state index is 0.602. The summed E-state index contributed by atoms with van der Waals surface area (Å²) in [6, 6.07) is 0. The largest absolute Gasteiger partial charge is 0.359 e. The van der Waals surface area contributed by atoms with Crippen LogP contribution < -0.4 is 4.57 Å². The summed E-state index contributed by atoms with van der Waals surface area (Å²) >= 11 is 0. The Bertz CT molecular complexity index is 418. The highest BCUT2D eigenvalue weighted by molar-refractivity contribution is 4.93. The maximum atomic E-state index is 2.25. The van der Waals surface area contributed by atoms with Crippen LogP contribution in [0.1, 0.15) is 51.8 Å². The highest BCUT2D eigenvalue weighted by Gasteiger charge is 2.18. The van der Waals surface area contributed by atoms with Crippen LogP contribution in [0.2, 0.25) is 0 Å². The Balaban J connectivity index is 0.000000224. The Morgan fingerprint density at radius 1 is 1.00 bits per heavy atom. The number of nitrogens with zero attached hydrogens (tertiary/aromatic N) is 4. The fourth-order valence-electron chi connectivity index (χ4n) is 2.87. The molecule has 0 aromatic carbocycles. The molecular weight excluding hydrogens is 272 g/mol. The summed E-state index contributed by atoms with van der Waals surface area (Å²) in [5, 5.41) is 0. The molecule has 0 saturated carbocycles. The van der Waals surface area contributed by atoms with Crippen LogP contribution in [0.25, 0.3) is 0 Å². The third-order valence-electron chi connectivity index (χ3n) is 4.36. The average Bonchev–Trinajstić information content (AvgIpc) is 2.98. The molecule has 4 nitrogen and oxygen atoms in total. The first-order chi connectivity index (χ1) is 10.5. The third kappa shape index (κ3) is 5.39. The molecule has 4 heteroatoms. The first-order valence-electron chi connectivity index (χ1n) is 8.63. The van der Waals surface area contributed by atoms with E-state index in [0.717, 1.165) is 0 Å². The first-order valence-corrected chi connectivity index (χ1v) is 8.63. The minimum atomic E-state index is 0.602. The highest BCUT2D eigenvalue weighted by Crippen LogP contribution is 2.15. The van der Waals surface area contributed by atoms with Gasteiger partial charge in [0.2, 0.25) is 0 Å². The van der Waals surface area contributed by atoms with E-state index in [1.54, 1.807) is 0 Å². The Morgan fingerprint density at radius 2 is 1.64 bits per heavy atom. The molecule has 0 amide bonds. The van der Waals surface area contributed by atoms with Gasteiger partial charge in [-0.1, -0.05) is 33.1 Å². The lowest BCUT2D eigenvalue weighted by Crippen LogP contribution is -2.33. The van der Waals surface area contributed by atoms with Crippen LogP contribution in [0, 0.1) is 0 Å². The number of imidazole rings is 1. The van der Waals surface area contributed by atoms with Crippen LogP contribution in [-0.2, 0) is 20.5 Å². The Morgan fingerprint density at radius 3 is 2.09 bits per heavy atom. The van der Waals surface area contributed by atoms with Crippen LogP contribution in [0.4, 0.5) is 0 Å². The van der Waals surface area contributed by atoms with Crippen molar-refractivity contribution >= 4 is 0 Å². The molecule has 1 aromatic rings. The quantitative estimate of drug-likeness (QED) is 0.593. The highest BCUT2D eigenvalue weighted by atomic mass is 15.4. The monoisotopic (exact) mass is 307 g/mol. The number of unbranched alkanes of at least 4 members (excludes halogenated alkanes) is 2. The van der Waals surface area contributed by atoms with E-state index in [0.29, 0.717) is 6.17 Å². The summed E-state index contributed by atoms with van der Waals surface area (Å²) in [5.41, 5.74) is 0. The summed E-state index contributed by atoms with van der Waals surface area (Å²) in [5.74, 6) is 1.42. The molecule has 2 heterocycles. The molecule has 1 aliphatic rings. The van der Waals surface area contributed by atoms with Gasteiger partial charge in [0.05, 0.1) is 14.1 Å². The zero-order valence-corrected chi connectivity index (χ0v) is 15.4. The number of hydrogen-bond donors (Lipinski definition) is 0. The molecule has 0 N–H and O–H groups in total. The molecule has 22 heavy (non-hydrogen) atoms. The van der Waals surface area contributed by atoms with E-state index in [4.69, 9.17) is 0 Å². The molecule has 0 radical (unpaired) electrons. The number of aromatic nitrogens is 2. The van der Waals surface area contributed by atoms with Gasteiger partial charge in [-0.05, 0) is 12.8 Å². The lowest BCUT2D eigenvalue weighted by Gasteiger charge is -2.26. The molecule has 1 aliphatic heterocycles. The topological polar surface area (TPSA) is 15.3 Å². The van der Waals surface area contributed by atoms with E-state index in [2.05, 4.69) is 85.8 Å². The van der Waals surface area contributed by atoms with Crippen molar-refractivity contribution in [1.82, 2.24) is 14.4 Å². The molecule has 0 unspecified atom stereocenters. The summed E-state index contributed by atoms with van der Waals surface area (Å²) in [6.07, 6.45) is 16.7. The van der Waals surface area contributed by atoms with Gasteiger partial charge in [-0.3, -0.25) is 0 Å². The maximum Gasteiger partial charge on any atom is 0.255 e. The smallest absolute Gasteiger partial charge is 0.255 e. The van der Waals surface area contributed by atoms with Crippen molar-refractivity contribution in [2.75, 3.05) is 14.1 Å². The van der Waals surface area contributed by atoms with Crippen molar-refractivity contribution in [2.45, 2.75) is 58.5 Å². The second-order valence-corrected chi connectivity index (χ2v) is 6.29. The van der Waals surface area contributed by atoms with Gasteiger partial charge in [-0.15, -0.1) is 0 Å². The summed E-state index contributed by atoms with van der Waals surface area (Å²) in [6.45, 7) is 4.46.